The van der Waals surface area contributed by atoms with Gasteiger partial charge in [0.2, 0.25) is 0 Å². The third kappa shape index (κ3) is 1.36. The fourth-order valence-electron chi connectivity index (χ4n) is 1.15. The van der Waals surface area contributed by atoms with Crippen LogP contribution in [0.5, 0.6) is 0 Å². The van der Waals surface area contributed by atoms with Crippen LogP contribution in [0.3, 0.4) is 0 Å². The number of carbonyl (C=O) groups is 1. The van der Waals surface area contributed by atoms with E-state index >= 15 is 0 Å². The zero-order chi connectivity index (χ0) is 7.56. The Balaban J connectivity index is 2.42. The van der Waals surface area contributed by atoms with Crippen molar-refractivity contribution in [2.45, 2.75) is 24.9 Å². The summed E-state index contributed by atoms with van der Waals surface area (Å²) in [6.45, 7) is 3.58. The molecule has 10 heavy (non-hydrogen) atoms. The van der Waals surface area contributed by atoms with Crippen LogP contribution in [0, 0.1) is 0 Å². The van der Waals surface area contributed by atoms with Crippen molar-refractivity contribution in [1.82, 2.24) is 5.32 Å². The molecule has 0 aromatic rings. The van der Waals surface area contributed by atoms with E-state index in [0.29, 0.717) is 6.42 Å². The first-order valence-corrected chi connectivity index (χ1v) is 3.35. The second kappa shape index (κ2) is 2.84. The minimum atomic E-state index is -0.760. The Bertz CT molecular complexity index is 156. The highest BCUT2D eigenvalue weighted by Crippen LogP contribution is 2.12. The van der Waals surface area contributed by atoms with Crippen molar-refractivity contribution in [3.05, 3.63) is 12.7 Å². The van der Waals surface area contributed by atoms with Gasteiger partial charge in [0, 0.05) is 6.04 Å². The molecular weight excluding hydrogens is 130 g/mol. The Morgan fingerprint density at radius 3 is 2.70 bits per heavy atom. The van der Waals surface area contributed by atoms with Crippen molar-refractivity contribution in [1.29, 1.82) is 0 Å². The molecule has 1 saturated heterocycles. The van der Waals surface area contributed by atoms with Crippen LogP contribution in [-0.4, -0.2) is 23.2 Å². The van der Waals surface area contributed by atoms with Crippen molar-refractivity contribution < 1.29 is 9.90 Å². The van der Waals surface area contributed by atoms with Crippen LogP contribution in [0.25, 0.3) is 0 Å². The maximum absolute atomic E-state index is 10.4. The van der Waals surface area contributed by atoms with Gasteiger partial charge in [-0.3, -0.25) is 10.1 Å². The molecule has 1 fully saturated rings. The monoisotopic (exact) mass is 141 g/mol. The van der Waals surface area contributed by atoms with E-state index in [-0.39, 0.29) is 12.1 Å². The van der Waals surface area contributed by atoms with Gasteiger partial charge in [0.25, 0.3) is 0 Å². The molecule has 1 aliphatic rings. The van der Waals surface area contributed by atoms with Gasteiger partial charge in [0.1, 0.15) is 6.04 Å². The van der Waals surface area contributed by atoms with E-state index < -0.39 is 5.97 Å². The first-order valence-electron chi connectivity index (χ1n) is 3.35. The molecule has 0 aliphatic carbocycles. The number of aliphatic carboxylic acids is 1. The first-order chi connectivity index (χ1) is 4.74. The highest BCUT2D eigenvalue weighted by molar-refractivity contribution is 5.73. The van der Waals surface area contributed by atoms with E-state index in [1.54, 1.807) is 6.08 Å². The molecule has 3 heteroatoms. The van der Waals surface area contributed by atoms with Gasteiger partial charge < -0.3 is 5.11 Å². The van der Waals surface area contributed by atoms with Crippen LogP contribution in [0.1, 0.15) is 12.8 Å². The smallest absolute Gasteiger partial charge is 0.320 e. The lowest BCUT2D eigenvalue weighted by Crippen LogP contribution is -2.34. The van der Waals surface area contributed by atoms with Crippen LogP contribution in [-0.2, 0) is 4.79 Å². The molecule has 0 spiro atoms. The molecule has 56 valence electrons. The summed E-state index contributed by atoms with van der Waals surface area (Å²) in [5, 5.41) is 11.5. The van der Waals surface area contributed by atoms with E-state index in [9.17, 15) is 4.79 Å². The highest BCUT2D eigenvalue weighted by atomic mass is 16.4. The Morgan fingerprint density at radius 1 is 1.70 bits per heavy atom. The topological polar surface area (TPSA) is 49.3 Å². The van der Waals surface area contributed by atoms with E-state index in [1.165, 1.54) is 0 Å². The van der Waals surface area contributed by atoms with Gasteiger partial charge in [-0.15, -0.1) is 6.58 Å². The van der Waals surface area contributed by atoms with E-state index in [2.05, 4.69) is 11.9 Å². The molecule has 2 atom stereocenters. The van der Waals surface area contributed by atoms with Gasteiger partial charge in [-0.2, -0.15) is 0 Å². The SMILES string of the molecule is C=C[C@H]1CC[C@@H](C(=O)O)N1. The fourth-order valence-corrected chi connectivity index (χ4v) is 1.15. The van der Waals surface area contributed by atoms with Crippen LogP contribution in [0.2, 0.25) is 0 Å². The van der Waals surface area contributed by atoms with Gasteiger partial charge >= 0.3 is 5.97 Å². The first kappa shape index (κ1) is 7.28. The average Bonchev–Trinajstić information content (AvgIpc) is 2.34. The number of hydrogen-bond acceptors (Lipinski definition) is 2. The summed E-state index contributed by atoms with van der Waals surface area (Å²) in [6, 6.07) is -0.163. The van der Waals surface area contributed by atoms with Gasteiger partial charge in [0.05, 0.1) is 0 Å². The third-order valence-corrected chi connectivity index (χ3v) is 1.76. The van der Waals surface area contributed by atoms with E-state index in [4.69, 9.17) is 5.11 Å². The molecule has 0 aromatic carbocycles. The fraction of sp³-hybridized carbons (Fsp3) is 0.571. The molecule has 0 bridgehead atoms. The van der Waals surface area contributed by atoms with Crippen LogP contribution in [0.4, 0.5) is 0 Å². The molecule has 0 amide bonds. The minimum absolute atomic E-state index is 0.195. The highest BCUT2D eigenvalue weighted by Gasteiger charge is 2.26. The summed E-state index contributed by atoms with van der Waals surface area (Å²) in [7, 11) is 0. The Labute approximate surface area is 59.7 Å². The Kier molecular flexibility index (Phi) is 2.06. The lowest BCUT2D eigenvalue weighted by atomic mass is 10.2. The molecule has 3 nitrogen and oxygen atoms in total. The largest absolute Gasteiger partial charge is 0.480 e. The molecule has 1 rings (SSSR count). The van der Waals surface area contributed by atoms with Crippen molar-refractivity contribution >= 4 is 5.97 Å². The summed E-state index contributed by atoms with van der Waals surface area (Å²) in [5.41, 5.74) is 0. The number of carboxylic acids is 1. The molecule has 0 saturated carbocycles. The van der Waals surface area contributed by atoms with E-state index in [0.717, 1.165) is 6.42 Å². The van der Waals surface area contributed by atoms with Crippen LogP contribution < -0.4 is 5.32 Å². The maximum atomic E-state index is 10.4. The predicted molar refractivity (Wildman–Crippen MR) is 37.8 cm³/mol. The summed E-state index contributed by atoms with van der Waals surface area (Å²) >= 11 is 0. The summed E-state index contributed by atoms with van der Waals surface area (Å²) < 4.78 is 0. The number of hydrogen-bond donors (Lipinski definition) is 2. The number of rotatable bonds is 2. The maximum Gasteiger partial charge on any atom is 0.320 e. The zero-order valence-electron chi connectivity index (χ0n) is 5.71. The van der Waals surface area contributed by atoms with Gasteiger partial charge in [0.15, 0.2) is 0 Å². The summed E-state index contributed by atoms with van der Waals surface area (Å²) in [4.78, 5) is 10.4. The summed E-state index contributed by atoms with van der Waals surface area (Å²) in [6.07, 6.45) is 3.36. The van der Waals surface area contributed by atoms with Crippen LogP contribution in [0.15, 0.2) is 12.7 Å². The molecule has 2 N–H and O–H groups in total. The lowest BCUT2D eigenvalue weighted by Gasteiger charge is -2.05. The van der Waals surface area contributed by atoms with Crippen molar-refractivity contribution in [3.63, 3.8) is 0 Å². The van der Waals surface area contributed by atoms with Crippen molar-refractivity contribution in [2.75, 3.05) is 0 Å². The Morgan fingerprint density at radius 2 is 2.40 bits per heavy atom. The number of nitrogens with one attached hydrogen (secondary N) is 1. The number of carboxylic acid groups (broad SMARTS) is 1. The van der Waals surface area contributed by atoms with E-state index in [1.807, 2.05) is 0 Å². The molecule has 0 radical (unpaired) electrons. The summed E-state index contributed by atoms with van der Waals surface area (Å²) in [5.74, 6) is -0.760. The standard InChI is InChI=1S/C7H11NO2/c1-2-5-3-4-6(8-5)7(9)10/h2,5-6,8H,1,3-4H2,(H,9,10)/t5-,6-/m0/s1. The molecular formula is C7H11NO2. The Hall–Kier alpha value is -0.830. The quantitative estimate of drug-likeness (QED) is 0.546. The van der Waals surface area contributed by atoms with Crippen molar-refractivity contribution in [3.8, 4) is 0 Å². The molecule has 0 unspecified atom stereocenters. The van der Waals surface area contributed by atoms with Gasteiger partial charge in [-0.05, 0) is 12.8 Å². The molecule has 1 aliphatic heterocycles. The van der Waals surface area contributed by atoms with Crippen molar-refractivity contribution in [2.24, 2.45) is 0 Å². The molecule has 0 aromatic heterocycles. The third-order valence-electron chi connectivity index (χ3n) is 1.76. The zero-order valence-corrected chi connectivity index (χ0v) is 5.71. The normalized spacial score (nSPS) is 32.0. The van der Waals surface area contributed by atoms with Gasteiger partial charge in [-0.25, -0.2) is 0 Å². The van der Waals surface area contributed by atoms with Gasteiger partial charge in [-0.1, -0.05) is 6.08 Å². The second-order valence-electron chi connectivity index (χ2n) is 2.48. The lowest BCUT2D eigenvalue weighted by molar-refractivity contribution is -0.139. The average molecular weight is 141 g/mol. The predicted octanol–water partition coefficient (Wildman–Crippen LogP) is 0.378. The molecule has 1 heterocycles. The van der Waals surface area contributed by atoms with Crippen LogP contribution >= 0.6 is 0 Å². The minimum Gasteiger partial charge on any atom is -0.480 e. The second-order valence-corrected chi connectivity index (χ2v) is 2.48.